The fourth-order valence-electron chi connectivity index (χ4n) is 1.86. The average molecular weight is 214 g/mol. The summed E-state index contributed by atoms with van der Waals surface area (Å²) in [6.45, 7) is 4.51. The summed E-state index contributed by atoms with van der Waals surface area (Å²) in [5.74, 6) is 0.116. The predicted molar refractivity (Wildman–Crippen MR) is 59.5 cm³/mol. The van der Waals surface area contributed by atoms with Crippen LogP contribution in [0.3, 0.4) is 0 Å². The van der Waals surface area contributed by atoms with E-state index in [1.807, 2.05) is 11.8 Å². The van der Waals surface area contributed by atoms with E-state index in [1.165, 1.54) is 12.8 Å². The van der Waals surface area contributed by atoms with Crippen molar-refractivity contribution in [2.75, 3.05) is 26.2 Å². The van der Waals surface area contributed by atoms with Gasteiger partial charge >= 0.3 is 0 Å². The molecule has 0 spiro atoms. The number of hydrogen-bond acceptors (Lipinski definition) is 3. The molecule has 0 radical (unpaired) electrons. The highest BCUT2D eigenvalue weighted by Crippen LogP contribution is 2.11. The molecule has 0 bridgehead atoms. The Hall–Kier alpha value is -0.610. The molecule has 88 valence electrons. The van der Waals surface area contributed by atoms with Gasteiger partial charge in [0, 0.05) is 19.6 Å². The number of ether oxygens (including phenoxy) is 1. The summed E-state index contributed by atoms with van der Waals surface area (Å²) in [6.07, 6.45) is 4.38. The van der Waals surface area contributed by atoms with Gasteiger partial charge in [0.15, 0.2) is 0 Å². The summed E-state index contributed by atoms with van der Waals surface area (Å²) in [4.78, 5) is 13.8. The van der Waals surface area contributed by atoms with Crippen molar-refractivity contribution in [3.8, 4) is 0 Å². The summed E-state index contributed by atoms with van der Waals surface area (Å²) in [6, 6.07) is 0. The largest absolute Gasteiger partial charge is 0.367 e. The zero-order chi connectivity index (χ0) is 11.1. The number of hydrogen-bond donors (Lipinski definition) is 1. The van der Waals surface area contributed by atoms with E-state index in [1.54, 1.807) is 0 Å². The van der Waals surface area contributed by atoms with E-state index >= 15 is 0 Å². The number of carbonyl (C=O) groups is 1. The zero-order valence-corrected chi connectivity index (χ0v) is 9.58. The summed E-state index contributed by atoms with van der Waals surface area (Å²) in [5.41, 5.74) is 5.33. The maximum Gasteiger partial charge on any atom is 0.251 e. The SMILES string of the molecule is CC(OCCN)C(=O)N1CCCCCC1. The molecule has 1 rings (SSSR count). The van der Waals surface area contributed by atoms with Gasteiger partial charge in [0.25, 0.3) is 5.91 Å². The van der Waals surface area contributed by atoms with Crippen molar-refractivity contribution in [3.05, 3.63) is 0 Å². The van der Waals surface area contributed by atoms with Gasteiger partial charge in [-0.2, -0.15) is 0 Å². The Balaban J connectivity index is 2.35. The Morgan fingerprint density at radius 2 is 1.93 bits per heavy atom. The fraction of sp³-hybridized carbons (Fsp3) is 0.909. The molecule has 1 unspecified atom stereocenters. The third-order valence-corrected chi connectivity index (χ3v) is 2.75. The van der Waals surface area contributed by atoms with Gasteiger partial charge in [0.1, 0.15) is 6.10 Å². The molecule has 0 aromatic rings. The molecule has 2 N–H and O–H groups in total. The Kier molecular flexibility index (Phi) is 5.65. The topological polar surface area (TPSA) is 55.6 Å². The van der Waals surface area contributed by atoms with Crippen molar-refractivity contribution < 1.29 is 9.53 Å². The molecule has 0 aromatic heterocycles. The van der Waals surface area contributed by atoms with Crippen LogP contribution in [-0.4, -0.2) is 43.2 Å². The standard InChI is InChI=1S/C11H22N2O2/c1-10(15-9-6-12)11(14)13-7-4-2-3-5-8-13/h10H,2-9,12H2,1H3. The van der Waals surface area contributed by atoms with Crippen molar-refractivity contribution in [2.45, 2.75) is 38.7 Å². The Bertz CT molecular complexity index is 189. The number of likely N-dealkylation sites (tertiary alicyclic amines) is 1. The second-order valence-corrected chi connectivity index (χ2v) is 4.04. The first-order chi connectivity index (χ1) is 7.25. The summed E-state index contributed by atoms with van der Waals surface area (Å²) in [7, 11) is 0. The van der Waals surface area contributed by atoms with Crippen LogP contribution in [-0.2, 0) is 9.53 Å². The molecule has 1 aliphatic heterocycles. The van der Waals surface area contributed by atoms with Crippen LogP contribution < -0.4 is 5.73 Å². The van der Waals surface area contributed by atoms with Crippen molar-refractivity contribution in [3.63, 3.8) is 0 Å². The van der Waals surface area contributed by atoms with E-state index in [9.17, 15) is 4.79 Å². The number of nitrogens with zero attached hydrogens (tertiary/aromatic N) is 1. The van der Waals surface area contributed by atoms with Gasteiger partial charge in [-0.15, -0.1) is 0 Å². The molecule has 1 saturated heterocycles. The van der Waals surface area contributed by atoms with Gasteiger partial charge in [-0.25, -0.2) is 0 Å². The van der Waals surface area contributed by atoms with Crippen LogP contribution >= 0.6 is 0 Å². The molecular formula is C11H22N2O2. The van der Waals surface area contributed by atoms with Crippen molar-refractivity contribution in [2.24, 2.45) is 5.73 Å². The highest BCUT2D eigenvalue weighted by Gasteiger charge is 2.21. The van der Waals surface area contributed by atoms with Crippen LogP contribution in [0.1, 0.15) is 32.6 Å². The Labute approximate surface area is 91.8 Å². The lowest BCUT2D eigenvalue weighted by molar-refractivity contribution is -0.142. The molecule has 0 aromatic carbocycles. The lowest BCUT2D eigenvalue weighted by atomic mass is 10.2. The number of amides is 1. The van der Waals surface area contributed by atoms with Crippen LogP contribution in [0.5, 0.6) is 0 Å². The van der Waals surface area contributed by atoms with Gasteiger partial charge in [-0.05, 0) is 19.8 Å². The van der Waals surface area contributed by atoms with E-state index in [2.05, 4.69) is 0 Å². The van der Waals surface area contributed by atoms with Crippen molar-refractivity contribution in [1.29, 1.82) is 0 Å². The van der Waals surface area contributed by atoms with Crippen LogP contribution in [0.15, 0.2) is 0 Å². The van der Waals surface area contributed by atoms with Crippen LogP contribution in [0, 0.1) is 0 Å². The minimum Gasteiger partial charge on any atom is -0.367 e. The summed E-state index contributed by atoms with van der Waals surface area (Å²) < 4.78 is 5.33. The highest BCUT2D eigenvalue weighted by atomic mass is 16.5. The molecule has 1 atom stereocenters. The first-order valence-corrected chi connectivity index (χ1v) is 5.86. The van der Waals surface area contributed by atoms with Gasteiger partial charge in [-0.1, -0.05) is 12.8 Å². The van der Waals surface area contributed by atoms with Gasteiger partial charge in [-0.3, -0.25) is 4.79 Å². The zero-order valence-electron chi connectivity index (χ0n) is 9.58. The summed E-state index contributed by atoms with van der Waals surface area (Å²) in [5, 5.41) is 0. The van der Waals surface area contributed by atoms with E-state index in [0.29, 0.717) is 13.2 Å². The number of nitrogens with two attached hydrogens (primary N) is 1. The molecule has 0 aliphatic carbocycles. The fourth-order valence-corrected chi connectivity index (χ4v) is 1.86. The first-order valence-electron chi connectivity index (χ1n) is 5.86. The monoisotopic (exact) mass is 214 g/mol. The molecule has 15 heavy (non-hydrogen) atoms. The maximum absolute atomic E-state index is 11.9. The minimum absolute atomic E-state index is 0.116. The number of rotatable bonds is 4. The molecule has 1 fully saturated rings. The summed E-state index contributed by atoms with van der Waals surface area (Å²) >= 11 is 0. The van der Waals surface area contributed by atoms with Gasteiger partial charge < -0.3 is 15.4 Å². The molecule has 1 amide bonds. The molecular weight excluding hydrogens is 192 g/mol. The second-order valence-electron chi connectivity index (χ2n) is 4.04. The van der Waals surface area contributed by atoms with E-state index < -0.39 is 0 Å². The third-order valence-electron chi connectivity index (χ3n) is 2.75. The van der Waals surface area contributed by atoms with Crippen LogP contribution in [0.25, 0.3) is 0 Å². The van der Waals surface area contributed by atoms with E-state index in [4.69, 9.17) is 10.5 Å². The quantitative estimate of drug-likeness (QED) is 0.751. The molecule has 0 saturated carbocycles. The van der Waals surface area contributed by atoms with Crippen molar-refractivity contribution >= 4 is 5.91 Å². The Morgan fingerprint density at radius 1 is 1.33 bits per heavy atom. The molecule has 4 nitrogen and oxygen atoms in total. The molecule has 4 heteroatoms. The molecule has 1 heterocycles. The van der Waals surface area contributed by atoms with Crippen LogP contribution in [0.2, 0.25) is 0 Å². The van der Waals surface area contributed by atoms with Crippen molar-refractivity contribution in [1.82, 2.24) is 4.90 Å². The average Bonchev–Trinajstić information content (AvgIpc) is 2.53. The molecule has 1 aliphatic rings. The number of carbonyl (C=O) groups excluding carboxylic acids is 1. The third kappa shape index (κ3) is 4.18. The first kappa shape index (κ1) is 12.5. The minimum atomic E-state index is -0.341. The predicted octanol–water partition coefficient (Wildman–Crippen LogP) is 0.753. The van der Waals surface area contributed by atoms with Gasteiger partial charge in [0.05, 0.1) is 6.61 Å². The van der Waals surface area contributed by atoms with E-state index in [-0.39, 0.29) is 12.0 Å². The lowest BCUT2D eigenvalue weighted by Crippen LogP contribution is -2.40. The van der Waals surface area contributed by atoms with Gasteiger partial charge in [0.2, 0.25) is 0 Å². The maximum atomic E-state index is 11.9. The second kappa shape index (κ2) is 6.80. The van der Waals surface area contributed by atoms with Crippen LogP contribution in [0.4, 0.5) is 0 Å². The van der Waals surface area contributed by atoms with E-state index in [0.717, 1.165) is 25.9 Å². The smallest absolute Gasteiger partial charge is 0.251 e. The normalized spacial score (nSPS) is 19.7. The Morgan fingerprint density at radius 3 is 2.47 bits per heavy atom. The lowest BCUT2D eigenvalue weighted by Gasteiger charge is -2.24. The highest BCUT2D eigenvalue weighted by molar-refractivity contribution is 5.80.